The Labute approximate surface area is 165 Å². The summed E-state index contributed by atoms with van der Waals surface area (Å²) in [4.78, 5) is 16.0. The predicted octanol–water partition coefficient (Wildman–Crippen LogP) is 3.55. The van der Waals surface area contributed by atoms with Crippen LogP contribution in [0.5, 0.6) is 0 Å². The first-order chi connectivity index (χ1) is 11.7. The highest BCUT2D eigenvalue weighted by Gasteiger charge is 2.13. The number of amides is 1. The molecular formula is C19H23IN4O. The van der Waals surface area contributed by atoms with E-state index < -0.39 is 0 Å². The van der Waals surface area contributed by atoms with Crippen LogP contribution in [-0.4, -0.2) is 18.4 Å². The zero-order valence-electron chi connectivity index (χ0n) is 14.0. The fraction of sp³-hybridized carbons (Fsp3) is 0.263. The third-order valence-corrected chi connectivity index (χ3v) is 4.11. The summed E-state index contributed by atoms with van der Waals surface area (Å²) in [5, 5.41) is 5.92. The first-order valence-electron chi connectivity index (χ1n) is 8.25. The van der Waals surface area contributed by atoms with E-state index in [0.717, 1.165) is 24.2 Å². The molecule has 0 fully saturated rings. The SMILES string of the molecule is I.NC(=NCC(=O)Nc1ccccc1)Nc1cccc2c1CCCC2. The number of nitrogens with two attached hydrogens (primary N) is 1. The molecule has 0 spiro atoms. The Morgan fingerprint density at radius 3 is 2.56 bits per heavy atom. The normalized spacial score (nSPS) is 13.4. The highest BCUT2D eigenvalue weighted by Crippen LogP contribution is 2.27. The van der Waals surface area contributed by atoms with Crippen molar-refractivity contribution in [3.63, 3.8) is 0 Å². The molecule has 0 bridgehead atoms. The number of hydrogen-bond donors (Lipinski definition) is 3. The van der Waals surface area contributed by atoms with Gasteiger partial charge in [-0.3, -0.25) is 4.79 Å². The van der Waals surface area contributed by atoms with E-state index in [4.69, 9.17) is 5.73 Å². The summed E-state index contributed by atoms with van der Waals surface area (Å²) >= 11 is 0. The van der Waals surface area contributed by atoms with Crippen LogP contribution in [0.25, 0.3) is 0 Å². The topological polar surface area (TPSA) is 79.5 Å². The fourth-order valence-electron chi connectivity index (χ4n) is 2.95. The molecule has 4 N–H and O–H groups in total. The Balaban J connectivity index is 0.00000225. The van der Waals surface area contributed by atoms with Crippen molar-refractivity contribution < 1.29 is 4.79 Å². The number of anilines is 2. The molecule has 0 saturated heterocycles. The first kappa shape index (κ1) is 19.2. The molecule has 0 atom stereocenters. The lowest BCUT2D eigenvalue weighted by Crippen LogP contribution is -2.26. The van der Waals surface area contributed by atoms with Crippen LogP contribution in [0.2, 0.25) is 0 Å². The minimum absolute atomic E-state index is 0. The summed E-state index contributed by atoms with van der Waals surface area (Å²) in [6, 6.07) is 15.5. The van der Waals surface area contributed by atoms with Crippen LogP contribution in [0.3, 0.4) is 0 Å². The van der Waals surface area contributed by atoms with Crippen molar-refractivity contribution in [1.82, 2.24) is 0 Å². The lowest BCUT2D eigenvalue weighted by molar-refractivity contribution is -0.114. The van der Waals surface area contributed by atoms with Gasteiger partial charge in [0, 0.05) is 11.4 Å². The number of hydrogen-bond acceptors (Lipinski definition) is 2. The Bertz CT molecular complexity index is 746. The highest BCUT2D eigenvalue weighted by atomic mass is 127. The minimum Gasteiger partial charge on any atom is -0.370 e. The van der Waals surface area contributed by atoms with Crippen molar-refractivity contribution in [2.75, 3.05) is 17.2 Å². The summed E-state index contributed by atoms with van der Waals surface area (Å²) in [6.45, 7) is -0.0112. The molecule has 1 aliphatic rings. The van der Waals surface area contributed by atoms with Gasteiger partial charge >= 0.3 is 0 Å². The number of aryl methyl sites for hydroxylation is 1. The molecule has 0 aliphatic heterocycles. The summed E-state index contributed by atoms with van der Waals surface area (Å²) in [5.41, 5.74) is 10.4. The Hall–Kier alpha value is -2.09. The summed E-state index contributed by atoms with van der Waals surface area (Å²) in [7, 11) is 0. The average Bonchev–Trinajstić information content (AvgIpc) is 2.61. The number of nitrogens with one attached hydrogen (secondary N) is 2. The molecule has 0 heterocycles. The Morgan fingerprint density at radius 1 is 1.00 bits per heavy atom. The number of fused-ring (bicyclic) bond motifs is 1. The smallest absolute Gasteiger partial charge is 0.246 e. The van der Waals surface area contributed by atoms with Crippen LogP contribution < -0.4 is 16.4 Å². The molecule has 2 aromatic rings. The molecule has 2 aromatic carbocycles. The number of rotatable bonds is 4. The largest absolute Gasteiger partial charge is 0.370 e. The van der Waals surface area contributed by atoms with E-state index in [1.807, 2.05) is 42.5 Å². The van der Waals surface area contributed by atoms with E-state index >= 15 is 0 Å². The number of benzene rings is 2. The summed E-state index contributed by atoms with van der Waals surface area (Å²) < 4.78 is 0. The summed E-state index contributed by atoms with van der Waals surface area (Å²) in [6.07, 6.45) is 4.60. The second kappa shape index (κ2) is 9.41. The van der Waals surface area contributed by atoms with Crippen LogP contribution in [-0.2, 0) is 17.6 Å². The van der Waals surface area contributed by atoms with E-state index in [2.05, 4.69) is 21.7 Å². The van der Waals surface area contributed by atoms with E-state index in [0.29, 0.717) is 0 Å². The molecule has 0 aromatic heterocycles. The zero-order chi connectivity index (χ0) is 16.8. The Kier molecular flexibility index (Phi) is 7.24. The van der Waals surface area contributed by atoms with Gasteiger partial charge in [-0.2, -0.15) is 0 Å². The molecule has 132 valence electrons. The van der Waals surface area contributed by atoms with Crippen LogP contribution in [0, 0.1) is 0 Å². The quantitative estimate of drug-likeness (QED) is 0.379. The van der Waals surface area contributed by atoms with Gasteiger partial charge in [0.25, 0.3) is 0 Å². The van der Waals surface area contributed by atoms with Gasteiger partial charge in [-0.15, -0.1) is 24.0 Å². The van der Waals surface area contributed by atoms with Crippen LogP contribution in [0.15, 0.2) is 53.5 Å². The van der Waals surface area contributed by atoms with Crippen molar-refractivity contribution in [2.24, 2.45) is 10.7 Å². The van der Waals surface area contributed by atoms with Crippen molar-refractivity contribution >= 4 is 47.2 Å². The van der Waals surface area contributed by atoms with Gasteiger partial charge in [0.1, 0.15) is 6.54 Å². The van der Waals surface area contributed by atoms with Crippen molar-refractivity contribution in [3.8, 4) is 0 Å². The molecule has 0 radical (unpaired) electrons. The van der Waals surface area contributed by atoms with Gasteiger partial charge < -0.3 is 16.4 Å². The van der Waals surface area contributed by atoms with Gasteiger partial charge in [0.2, 0.25) is 5.91 Å². The number of halogens is 1. The maximum Gasteiger partial charge on any atom is 0.246 e. The minimum atomic E-state index is -0.193. The van der Waals surface area contributed by atoms with E-state index in [-0.39, 0.29) is 42.4 Å². The average molecular weight is 450 g/mol. The van der Waals surface area contributed by atoms with Gasteiger partial charge in [-0.05, 0) is 55.0 Å². The second-order valence-electron chi connectivity index (χ2n) is 5.89. The number of aliphatic imine (C=N–C) groups is 1. The van der Waals surface area contributed by atoms with Crippen LogP contribution in [0.1, 0.15) is 24.0 Å². The number of para-hydroxylation sites is 1. The number of carbonyl (C=O) groups is 1. The highest BCUT2D eigenvalue weighted by molar-refractivity contribution is 14.0. The van der Waals surface area contributed by atoms with Crippen LogP contribution in [0.4, 0.5) is 11.4 Å². The molecule has 5 nitrogen and oxygen atoms in total. The standard InChI is InChI=1S/C19H22N4O.HI/c20-19(21-13-18(24)22-15-9-2-1-3-10-15)23-17-12-6-8-14-7-4-5-11-16(14)17;/h1-3,6,8-10,12H,4-5,7,11,13H2,(H,22,24)(H3,20,21,23);1H. The van der Waals surface area contributed by atoms with Gasteiger partial charge in [-0.1, -0.05) is 30.3 Å². The van der Waals surface area contributed by atoms with Crippen molar-refractivity contribution in [1.29, 1.82) is 0 Å². The van der Waals surface area contributed by atoms with E-state index in [9.17, 15) is 4.79 Å². The zero-order valence-corrected chi connectivity index (χ0v) is 16.3. The second-order valence-corrected chi connectivity index (χ2v) is 5.89. The maximum atomic E-state index is 11.9. The van der Waals surface area contributed by atoms with Crippen LogP contribution >= 0.6 is 24.0 Å². The molecule has 0 saturated carbocycles. The molecule has 25 heavy (non-hydrogen) atoms. The third-order valence-electron chi connectivity index (χ3n) is 4.11. The number of guanidine groups is 1. The first-order valence-corrected chi connectivity index (χ1v) is 8.25. The van der Waals surface area contributed by atoms with Crippen molar-refractivity contribution in [3.05, 3.63) is 59.7 Å². The lowest BCUT2D eigenvalue weighted by atomic mass is 9.90. The molecule has 6 heteroatoms. The van der Waals surface area contributed by atoms with E-state index in [1.54, 1.807) is 0 Å². The molecule has 1 aliphatic carbocycles. The molecule has 1 amide bonds. The van der Waals surface area contributed by atoms with E-state index in [1.165, 1.54) is 24.0 Å². The summed E-state index contributed by atoms with van der Waals surface area (Å²) in [5.74, 6) is 0.0678. The number of nitrogens with zero attached hydrogens (tertiary/aromatic N) is 1. The molecular weight excluding hydrogens is 427 g/mol. The molecule has 3 rings (SSSR count). The maximum absolute atomic E-state index is 11.9. The van der Waals surface area contributed by atoms with Gasteiger partial charge in [-0.25, -0.2) is 4.99 Å². The lowest BCUT2D eigenvalue weighted by Gasteiger charge is -2.19. The van der Waals surface area contributed by atoms with Crippen molar-refractivity contribution in [2.45, 2.75) is 25.7 Å². The number of carbonyl (C=O) groups excluding carboxylic acids is 1. The Morgan fingerprint density at radius 2 is 1.76 bits per heavy atom. The third kappa shape index (κ3) is 5.45. The van der Waals surface area contributed by atoms with Gasteiger partial charge in [0.05, 0.1) is 0 Å². The fourth-order valence-corrected chi connectivity index (χ4v) is 2.95. The predicted molar refractivity (Wildman–Crippen MR) is 114 cm³/mol. The molecule has 0 unspecified atom stereocenters. The van der Waals surface area contributed by atoms with Gasteiger partial charge in [0.15, 0.2) is 5.96 Å². The monoisotopic (exact) mass is 450 g/mol.